The molecule has 0 aliphatic carbocycles. The van der Waals surface area contributed by atoms with Gasteiger partial charge >= 0.3 is 102 Å². The summed E-state index contributed by atoms with van der Waals surface area (Å²) in [6.45, 7) is 0. The van der Waals surface area contributed by atoms with Crippen molar-refractivity contribution in [1.82, 2.24) is 19.6 Å². The van der Waals surface area contributed by atoms with Crippen LogP contribution < -0.4 is 21.3 Å². The molecule has 0 aromatic carbocycles. The molecule has 0 saturated carbocycles. The summed E-state index contributed by atoms with van der Waals surface area (Å²) in [6.07, 6.45) is 3.00. The number of carbonyl (C=O) groups is 4. The van der Waals surface area contributed by atoms with Gasteiger partial charge in [0, 0.05) is 119 Å². The molecule has 0 aromatic heterocycles. The van der Waals surface area contributed by atoms with Crippen molar-refractivity contribution in [2.45, 2.75) is 0 Å². The summed E-state index contributed by atoms with van der Waals surface area (Å²) in [7, 11) is -1.50. The minimum Gasteiger partial charge on any atom is -2.00 e. The number of nitrogens with two attached hydrogens (primary N) is 4. The zero-order valence-electron chi connectivity index (χ0n) is 38.9. The van der Waals surface area contributed by atoms with Crippen LogP contribution in [0.1, 0.15) is 0 Å². The molecule has 70 heavy (non-hydrogen) atoms. The summed E-state index contributed by atoms with van der Waals surface area (Å²) in [4.78, 5) is 43.5. The first-order valence-electron chi connectivity index (χ1n) is 14.2. The van der Waals surface area contributed by atoms with Crippen LogP contribution in [0.2, 0.25) is 0 Å². The summed E-state index contributed by atoms with van der Waals surface area (Å²) in [5, 5.41) is 8.00. The zero-order valence-corrected chi connectivity index (χ0v) is 49.5. The molecule has 8 N–H and O–H groups in total. The Kier molecular flexibility index (Phi) is 210. The molecule has 4 amide bonds. The van der Waals surface area contributed by atoms with Crippen molar-refractivity contribution in [3.63, 3.8) is 0 Å². The van der Waals surface area contributed by atoms with Crippen molar-refractivity contribution < 1.29 is 259 Å². The van der Waals surface area contributed by atoms with Gasteiger partial charge in [0.15, 0.2) is 0 Å². The predicted octanol–water partition coefficient (Wildman–Crippen LogP) is -14.2. The number of hydrogen-bond donors (Lipinski definition) is 4. The maximum Gasteiger partial charge on any atom is 2.00 e. The Bertz CT molecular complexity index is 1260. The topological polar surface area (TPSA) is 686 Å². The van der Waals surface area contributed by atoms with Gasteiger partial charge in [-0.2, -0.15) is 0 Å². The SMILES string of the molecule is CN(C)C=O.CN(C)C=O.CN(C)C=O.CN(C)C=O.C[NH2+]C.C[NH2+]C.C[NH2+]C.C[NH2+]C.O=S(=O)([O-])[O-].O=S(=O)([O-])[O-].O=S(=O)([O-])[O-].O=S(=O)([O-])[O-].O=S(=O)([O-])[O-].O=S(=O)([O-])[O-].[Cu+2].[Cu+2].[Cu+2].[Cu+2].[Cu+2].[Cu+2].[O-2].[O-2]. The first-order chi connectivity index (χ1) is 26.7. The zero-order chi connectivity index (χ0) is 55.0. The first kappa shape index (κ1) is 145. The van der Waals surface area contributed by atoms with E-state index in [1.165, 1.54) is 19.6 Å². The van der Waals surface area contributed by atoms with E-state index < -0.39 is 62.4 Å². The average Bonchev–Trinajstić information content (AvgIpc) is 2.94. The molecule has 0 saturated heterocycles. The molecule has 0 aliphatic heterocycles. The predicted molar refractivity (Wildman–Crippen MR) is 198 cm³/mol. The molecular formula is C20H60Cu6N8O30S6. The molecule has 38 nitrogen and oxygen atoms in total. The van der Waals surface area contributed by atoms with Crippen molar-refractivity contribution >= 4 is 88.0 Å². The van der Waals surface area contributed by atoms with Crippen LogP contribution in [0.4, 0.5) is 0 Å². The maximum atomic E-state index is 9.43. The molecule has 0 heterocycles. The van der Waals surface area contributed by atoms with Gasteiger partial charge in [-0.1, -0.05) is 0 Å². The quantitative estimate of drug-likeness (QED) is 0.0879. The Morgan fingerprint density at radius 1 is 0.257 bits per heavy atom. The Labute approximate surface area is 475 Å². The van der Waals surface area contributed by atoms with E-state index >= 15 is 0 Å². The number of nitrogens with zero attached hydrogens (tertiary/aromatic N) is 4. The molecule has 0 atom stereocenters. The van der Waals surface area contributed by atoms with Crippen molar-refractivity contribution in [2.75, 3.05) is 113 Å². The Morgan fingerprint density at radius 3 is 0.271 bits per heavy atom. The smallest absolute Gasteiger partial charge is 2.00 e. The standard InChI is InChI=1S/4C3H7NO.4C2H7N.6Cu.6H2O4S.2O/c4*1-4(2)3-5;4*1-3-2;;;;;;;6*1-5(2,3)4;;/h4*3H,1-2H3;4*3H,1-2H3;;;;;;;6*(H2,1,2,3,4);;/q;;;;;;;;6*+2;;;;;;;2*-2/p-8. The fourth-order valence-corrected chi connectivity index (χ4v) is 0. The third kappa shape index (κ3) is 4790. The summed E-state index contributed by atoms with van der Waals surface area (Å²) in [6, 6.07) is 0. The van der Waals surface area contributed by atoms with Crippen LogP contribution >= 0.6 is 0 Å². The number of quaternary nitrogens is 4. The van der Waals surface area contributed by atoms with Crippen LogP contribution in [0.15, 0.2) is 0 Å². The molecule has 0 bridgehead atoms. The number of rotatable bonds is 4. The van der Waals surface area contributed by atoms with Gasteiger partial charge in [0.2, 0.25) is 25.6 Å². The van der Waals surface area contributed by atoms with Crippen LogP contribution in [-0.2, 0) is 195 Å². The number of amides is 4. The van der Waals surface area contributed by atoms with E-state index in [0.717, 1.165) is 25.6 Å². The largest absolute Gasteiger partial charge is 2.00 e. The Morgan fingerprint density at radius 2 is 0.271 bits per heavy atom. The monoisotopic (exact) mass is 1460 g/mol. The molecule has 0 unspecified atom stereocenters. The van der Waals surface area contributed by atoms with Crippen LogP contribution in [0.5, 0.6) is 0 Å². The molecule has 0 aliphatic rings. The third-order valence-electron chi connectivity index (χ3n) is 0.843. The van der Waals surface area contributed by atoms with Gasteiger partial charge in [-0.3, -0.25) is 69.7 Å². The Hall–Kier alpha value is -0.0231. The van der Waals surface area contributed by atoms with Gasteiger partial charge in [0.05, 0.1) is 56.4 Å². The van der Waals surface area contributed by atoms with Gasteiger partial charge in [-0.05, 0) is 0 Å². The fraction of sp³-hybridized carbons (Fsp3) is 0.800. The summed E-state index contributed by atoms with van der Waals surface area (Å²) >= 11 is 0. The minimum atomic E-state index is -5.17. The first-order valence-corrected chi connectivity index (χ1v) is 22.2. The third-order valence-corrected chi connectivity index (χ3v) is 0.843. The molecule has 6 radical (unpaired) electrons. The van der Waals surface area contributed by atoms with Gasteiger partial charge in [-0.15, -0.1) is 0 Å². The van der Waals surface area contributed by atoms with E-state index in [9.17, 15) is 19.2 Å². The van der Waals surface area contributed by atoms with Gasteiger partial charge in [0.1, 0.15) is 0 Å². The molecule has 0 fully saturated rings. The molecule has 50 heteroatoms. The molecular weight excluding hydrogens is 1410 g/mol. The second-order valence-corrected chi connectivity index (χ2v) is 13.9. The number of carbonyl (C=O) groups excluding carboxylic acids is 4. The van der Waals surface area contributed by atoms with E-state index in [0.29, 0.717) is 0 Å². The Balaban J connectivity index is -0.0000000176. The summed E-state index contributed by atoms with van der Waals surface area (Å²) in [5.41, 5.74) is 0. The molecule has 0 spiro atoms. The molecule has 462 valence electrons. The average molecular weight is 1470 g/mol. The summed E-state index contributed by atoms with van der Waals surface area (Å²) in [5.74, 6) is 0. The van der Waals surface area contributed by atoms with Crippen molar-refractivity contribution in [1.29, 1.82) is 0 Å². The second-order valence-electron chi connectivity index (χ2n) is 9.03. The van der Waals surface area contributed by atoms with E-state index in [2.05, 4.69) is 0 Å². The maximum absolute atomic E-state index is 9.43. The van der Waals surface area contributed by atoms with Crippen LogP contribution in [-0.4, -0.2) is 263 Å². The van der Waals surface area contributed by atoms with Crippen LogP contribution in [0, 0.1) is 0 Å². The summed E-state index contributed by atoms with van der Waals surface area (Å²) < 4.78 is 205. The minimum absolute atomic E-state index is 0. The molecule has 0 rings (SSSR count). The van der Waals surface area contributed by atoms with Gasteiger partial charge in [0.25, 0.3) is 0 Å². The van der Waals surface area contributed by atoms with Crippen molar-refractivity contribution in [3.8, 4) is 0 Å². The second kappa shape index (κ2) is 102. The van der Waals surface area contributed by atoms with E-state index in [1.807, 2.05) is 77.6 Å². The van der Waals surface area contributed by atoms with E-state index in [1.54, 1.807) is 56.4 Å². The van der Waals surface area contributed by atoms with E-state index in [-0.39, 0.29) is 113 Å². The van der Waals surface area contributed by atoms with Crippen LogP contribution in [0.3, 0.4) is 0 Å². The van der Waals surface area contributed by atoms with E-state index in [4.69, 9.17) is 105 Å². The fourth-order valence-electron chi connectivity index (χ4n) is 0. The van der Waals surface area contributed by atoms with Gasteiger partial charge < -0.3 is 106 Å². The van der Waals surface area contributed by atoms with Crippen LogP contribution in [0.25, 0.3) is 0 Å². The number of hydrogen-bond acceptors (Lipinski definition) is 28. The van der Waals surface area contributed by atoms with Gasteiger partial charge in [-0.25, -0.2) is 0 Å². The van der Waals surface area contributed by atoms with Crippen molar-refractivity contribution in [2.24, 2.45) is 0 Å². The van der Waals surface area contributed by atoms with Crippen molar-refractivity contribution in [3.05, 3.63) is 0 Å². The molecule has 0 aromatic rings. The normalized spacial score (nSPS) is 7.94.